The van der Waals surface area contributed by atoms with Crippen molar-refractivity contribution in [1.82, 2.24) is 5.32 Å². The fourth-order valence-corrected chi connectivity index (χ4v) is 5.76. The molecule has 0 spiro atoms. The molecule has 0 unspecified atom stereocenters. The molecule has 18 heavy (non-hydrogen) atoms. The average Bonchev–Trinajstić information content (AvgIpc) is 2.27. The molecule has 0 radical (unpaired) electrons. The Morgan fingerprint density at radius 1 is 1.06 bits per heavy atom. The summed E-state index contributed by atoms with van der Waals surface area (Å²) in [6, 6.07) is 2.20. The van der Waals surface area contributed by atoms with Gasteiger partial charge in [-0.1, -0.05) is 13.8 Å². The minimum Gasteiger partial charge on any atom is -0.304 e. The Balaban J connectivity index is 1.70. The summed E-state index contributed by atoms with van der Waals surface area (Å²) < 4.78 is 0. The number of hydrogen-bond acceptors (Lipinski definition) is 2. The maximum atomic E-state index is 8.66. The molecule has 0 aliphatic heterocycles. The molecule has 0 aromatic heterocycles. The van der Waals surface area contributed by atoms with E-state index in [9.17, 15) is 0 Å². The van der Waals surface area contributed by atoms with Crippen LogP contribution >= 0.6 is 0 Å². The Kier molecular flexibility index (Phi) is 3.14. The largest absolute Gasteiger partial charge is 0.304 e. The predicted molar refractivity (Wildman–Crippen MR) is 72.8 cm³/mol. The molecule has 4 fully saturated rings. The molecule has 0 atom stereocenters. The first-order valence-electron chi connectivity index (χ1n) is 7.68. The Bertz CT molecular complexity index is 325. The summed E-state index contributed by atoms with van der Waals surface area (Å²) >= 11 is 0. The van der Waals surface area contributed by atoms with Gasteiger partial charge in [-0.3, -0.25) is 0 Å². The van der Waals surface area contributed by atoms with E-state index in [2.05, 4.69) is 25.2 Å². The van der Waals surface area contributed by atoms with Crippen LogP contribution in [0.4, 0.5) is 0 Å². The van der Waals surface area contributed by atoms with Gasteiger partial charge in [-0.05, 0) is 67.1 Å². The number of hydrogen-bond donors (Lipinski definition) is 1. The third-order valence-corrected chi connectivity index (χ3v) is 5.91. The van der Waals surface area contributed by atoms with Crippen molar-refractivity contribution in [3.8, 4) is 6.07 Å². The van der Waals surface area contributed by atoms with Crippen LogP contribution in [0.5, 0.6) is 0 Å². The first kappa shape index (κ1) is 12.5. The second kappa shape index (κ2) is 4.53. The van der Waals surface area contributed by atoms with E-state index < -0.39 is 0 Å². The first-order valence-corrected chi connectivity index (χ1v) is 7.68. The first-order chi connectivity index (χ1) is 8.60. The molecule has 0 amide bonds. The summed E-state index contributed by atoms with van der Waals surface area (Å²) in [5.41, 5.74) is 0.361. The molecular formula is C16H26N2. The van der Waals surface area contributed by atoms with Gasteiger partial charge in [0.1, 0.15) is 0 Å². The Labute approximate surface area is 111 Å². The Morgan fingerprint density at radius 2 is 1.61 bits per heavy atom. The standard InChI is InChI=1S/C16H26N2/c1-16(2,10-18-4-3-17)15-13-6-11-5-12(8-13)9-14(15)7-11/h11-15,18H,4-10H2,1-2H3. The van der Waals surface area contributed by atoms with E-state index in [1.807, 2.05) is 0 Å². The van der Waals surface area contributed by atoms with Gasteiger partial charge in [-0.25, -0.2) is 0 Å². The van der Waals surface area contributed by atoms with Crippen molar-refractivity contribution in [2.75, 3.05) is 13.1 Å². The van der Waals surface area contributed by atoms with Crippen LogP contribution in [0.2, 0.25) is 0 Å². The van der Waals surface area contributed by atoms with Crippen LogP contribution in [-0.2, 0) is 0 Å². The number of rotatable bonds is 4. The molecule has 100 valence electrons. The van der Waals surface area contributed by atoms with Crippen molar-refractivity contribution in [2.45, 2.75) is 46.0 Å². The third kappa shape index (κ3) is 2.07. The molecule has 1 N–H and O–H groups in total. The second-order valence-corrected chi connectivity index (χ2v) is 7.71. The fraction of sp³-hybridized carbons (Fsp3) is 0.938. The van der Waals surface area contributed by atoms with E-state index in [4.69, 9.17) is 5.26 Å². The number of nitriles is 1. The maximum Gasteiger partial charge on any atom is 0.0841 e. The lowest BCUT2D eigenvalue weighted by Gasteiger charge is -2.59. The summed E-state index contributed by atoms with van der Waals surface area (Å²) in [6.45, 7) is 6.35. The quantitative estimate of drug-likeness (QED) is 0.611. The van der Waals surface area contributed by atoms with Gasteiger partial charge in [0.05, 0.1) is 12.6 Å². The minimum atomic E-state index is 0.361. The zero-order chi connectivity index (χ0) is 12.8. The second-order valence-electron chi connectivity index (χ2n) is 7.71. The van der Waals surface area contributed by atoms with Gasteiger partial charge < -0.3 is 5.32 Å². The SMILES string of the molecule is CC(C)(CNCC#N)C1C2CC3CC(C2)CC1C3. The predicted octanol–water partition coefficient (Wildman–Crippen LogP) is 3.20. The van der Waals surface area contributed by atoms with Gasteiger partial charge >= 0.3 is 0 Å². The molecule has 0 heterocycles. The van der Waals surface area contributed by atoms with Crippen LogP contribution in [0.25, 0.3) is 0 Å². The van der Waals surface area contributed by atoms with Gasteiger partial charge in [0.15, 0.2) is 0 Å². The zero-order valence-corrected chi connectivity index (χ0v) is 11.8. The summed E-state index contributed by atoms with van der Waals surface area (Å²) in [7, 11) is 0. The molecule has 2 nitrogen and oxygen atoms in total. The third-order valence-electron chi connectivity index (χ3n) is 5.91. The van der Waals surface area contributed by atoms with Crippen LogP contribution in [-0.4, -0.2) is 13.1 Å². The van der Waals surface area contributed by atoms with E-state index in [1.165, 1.54) is 32.1 Å². The number of nitrogens with zero attached hydrogens (tertiary/aromatic N) is 1. The van der Waals surface area contributed by atoms with Gasteiger partial charge in [0, 0.05) is 6.54 Å². The molecule has 4 aliphatic rings. The Hall–Kier alpha value is -0.550. The van der Waals surface area contributed by atoms with Crippen LogP contribution in [0.15, 0.2) is 0 Å². The van der Waals surface area contributed by atoms with E-state index in [0.717, 1.165) is 36.1 Å². The van der Waals surface area contributed by atoms with Crippen molar-refractivity contribution in [2.24, 2.45) is 35.0 Å². The highest BCUT2D eigenvalue weighted by Gasteiger charge is 2.52. The maximum absolute atomic E-state index is 8.66. The van der Waals surface area contributed by atoms with Gasteiger partial charge in [-0.2, -0.15) is 5.26 Å². The van der Waals surface area contributed by atoms with E-state index in [1.54, 1.807) is 0 Å². The normalized spacial score (nSPS) is 41.9. The van der Waals surface area contributed by atoms with Crippen molar-refractivity contribution >= 4 is 0 Å². The molecule has 2 heteroatoms. The molecule has 4 rings (SSSR count). The monoisotopic (exact) mass is 246 g/mol. The summed E-state index contributed by atoms with van der Waals surface area (Å²) in [6.07, 6.45) is 7.53. The van der Waals surface area contributed by atoms with Crippen LogP contribution in [0.3, 0.4) is 0 Å². The minimum absolute atomic E-state index is 0.361. The van der Waals surface area contributed by atoms with Crippen LogP contribution in [0.1, 0.15) is 46.0 Å². The van der Waals surface area contributed by atoms with Crippen LogP contribution in [0, 0.1) is 46.3 Å². The molecule has 0 aromatic rings. The van der Waals surface area contributed by atoms with Crippen molar-refractivity contribution < 1.29 is 0 Å². The molecular weight excluding hydrogens is 220 g/mol. The molecule has 0 saturated heterocycles. The summed E-state index contributed by atoms with van der Waals surface area (Å²) in [5, 5.41) is 12.0. The lowest BCUT2D eigenvalue weighted by atomic mass is 9.47. The smallest absolute Gasteiger partial charge is 0.0841 e. The van der Waals surface area contributed by atoms with Crippen molar-refractivity contribution in [3.63, 3.8) is 0 Å². The van der Waals surface area contributed by atoms with Gasteiger partial charge in [0.25, 0.3) is 0 Å². The lowest BCUT2D eigenvalue weighted by molar-refractivity contribution is -0.0854. The van der Waals surface area contributed by atoms with E-state index in [-0.39, 0.29) is 0 Å². The molecule has 4 aliphatic carbocycles. The Morgan fingerprint density at radius 3 is 2.11 bits per heavy atom. The summed E-state index contributed by atoms with van der Waals surface area (Å²) in [5.74, 6) is 5.00. The fourth-order valence-electron chi connectivity index (χ4n) is 5.76. The number of nitrogens with one attached hydrogen (secondary N) is 1. The molecule has 4 bridgehead atoms. The van der Waals surface area contributed by atoms with Crippen molar-refractivity contribution in [3.05, 3.63) is 0 Å². The molecule has 0 aromatic carbocycles. The van der Waals surface area contributed by atoms with Gasteiger partial charge in [0.2, 0.25) is 0 Å². The average molecular weight is 246 g/mol. The highest BCUT2D eigenvalue weighted by Crippen LogP contribution is 2.60. The lowest BCUT2D eigenvalue weighted by Crippen LogP contribution is -2.52. The highest BCUT2D eigenvalue weighted by molar-refractivity contribution is 5.02. The zero-order valence-electron chi connectivity index (χ0n) is 11.8. The molecule has 4 saturated carbocycles. The summed E-state index contributed by atoms with van der Waals surface area (Å²) in [4.78, 5) is 0. The van der Waals surface area contributed by atoms with E-state index in [0.29, 0.717) is 12.0 Å². The highest BCUT2D eigenvalue weighted by atomic mass is 14.9. The van der Waals surface area contributed by atoms with Gasteiger partial charge in [-0.15, -0.1) is 0 Å². The van der Waals surface area contributed by atoms with E-state index >= 15 is 0 Å². The van der Waals surface area contributed by atoms with Crippen LogP contribution < -0.4 is 5.32 Å². The van der Waals surface area contributed by atoms with Crippen molar-refractivity contribution in [1.29, 1.82) is 5.26 Å². The topological polar surface area (TPSA) is 35.8 Å².